The van der Waals surface area contributed by atoms with E-state index in [1.807, 2.05) is 12.1 Å². The Hall–Kier alpha value is -2.26. The molecule has 0 bridgehead atoms. The zero-order chi connectivity index (χ0) is 17.5. The molecule has 24 heavy (non-hydrogen) atoms. The number of aromatic nitrogens is 2. The summed E-state index contributed by atoms with van der Waals surface area (Å²) >= 11 is 3.26. The van der Waals surface area contributed by atoms with Gasteiger partial charge in [0.2, 0.25) is 11.4 Å². The van der Waals surface area contributed by atoms with Gasteiger partial charge in [0.05, 0.1) is 31.3 Å². The molecule has 0 unspecified atom stereocenters. The van der Waals surface area contributed by atoms with Crippen LogP contribution >= 0.6 is 15.9 Å². The summed E-state index contributed by atoms with van der Waals surface area (Å²) in [6.45, 7) is 18.0. The second-order valence-electron chi connectivity index (χ2n) is 3.71. The van der Waals surface area contributed by atoms with Gasteiger partial charge in [0.1, 0.15) is 0 Å². The van der Waals surface area contributed by atoms with E-state index in [9.17, 15) is 0 Å². The van der Waals surface area contributed by atoms with Gasteiger partial charge in [0.15, 0.2) is 0 Å². The Bertz CT molecular complexity index is 736. The number of nitrogens with zero attached hydrogens (tertiary/aromatic N) is 6. The fourth-order valence-electron chi connectivity index (χ4n) is 1.23. The van der Waals surface area contributed by atoms with Crippen LogP contribution in [0.15, 0.2) is 36.7 Å². The molecule has 0 saturated heterocycles. The molecule has 0 aliphatic carbocycles. The number of alkyl halides is 1. The van der Waals surface area contributed by atoms with Crippen LogP contribution in [0.25, 0.3) is 9.69 Å². The average Bonchev–Trinajstić information content (AvgIpc) is 2.65. The molecule has 0 saturated carbocycles. The Labute approximate surface area is 171 Å². The number of pyridine rings is 2. The Balaban J connectivity index is 0. The fraction of sp³-hybridized carbons (Fsp3) is 0.125. The molecule has 8 heteroatoms. The molecular formula is C16H10BrN6Na. The quantitative estimate of drug-likeness (QED) is 0.441. The maximum Gasteiger partial charge on any atom is 1.00 e. The van der Waals surface area contributed by atoms with Crippen LogP contribution in [0.2, 0.25) is 0 Å². The van der Waals surface area contributed by atoms with Gasteiger partial charge >= 0.3 is 29.6 Å². The number of hydrogen-bond donors (Lipinski definition) is 0. The van der Waals surface area contributed by atoms with E-state index < -0.39 is 0 Å². The predicted molar refractivity (Wildman–Crippen MR) is 87.9 cm³/mol. The van der Waals surface area contributed by atoms with E-state index >= 15 is 0 Å². The second-order valence-corrected chi connectivity index (χ2v) is 4.27. The normalized spacial score (nSPS) is 7.50. The van der Waals surface area contributed by atoms with Gasteiger partial charge in [-0.1, -0.05) is 40.2 Å². The van der Waals surface area contributed by atoms with Gasteiger partial charge in [-0.2, -0.15) is 5.26 Å². The summed E-state index contributed by atoms with van der Waals surface area (Å²) in [4.78, 5) is 14.3. The molecule has 0 aliphatic heterocycles. The van der Waals surface area contributed by atoms with Gasteiger partial charge in [-0.25, -0.2) is 9.69 Å². The molecule has 0 radical (unpaired) electrons. The third kappa shape index (κ3) is 9.70. The number of nitriles is 1. The SMILES string of the molecule is [C-]#N.[C-]#[N+]c1ccc(CBr)nc1.[C-]#[N+]c1ccc(CC#N)nc1.[Na+]. The summed E-state index contributed by atoms with van der Waals surface area (Å²) < 4.78 is 0. The first kappa shape index (κ1) is 24.0. The molecule has 2 aromatic heterocycles. The summed E-state index contributed by atoms with van der Waals surface area (Å²) in [5, 5.41) is 15.3. The minimum atomic E-state index is 0. The predicted octanol–water partition coefficient (Wildman–Crippen LogP) is 1.33. The summed E-state index contributed by atoms with van der Waals surface area (Å²) in [6.07, 6.45) is 3.35. The summed E-state index contributed by atoms with van der Waals surface area (Å²) in [5.41, 5.74) is 2.75. The molecule has 0 aromatic carbocycles. The topological polar surface area (TPSA) is 82.1 Å². The Kier molecular flexibility index (Phi) is 15.6. The van der Waals surface area contributed by atoms with Gasteiger partial charge in [0, 0.05) is 23.4 Å². The monoisotopic (exact) mass is 388 g/mol. The van der Waals surface area contributed by atoms with Crippen LogP contribution in [-0.2, 0) is 11.8 Å². The Morgan fingerprint density at radius 2 is 1.42 bits per heavy atom. The van der Waals surface area contributed by atoms with E-state index in [-0.39, 0.29) is 29.6 Å². The number of hydrogen-bond acceptors (Lipinski definition) is 4. The maximum absolute atomic E-state index is 8.30. The molecule has 0 amide bonds. The minimum absolute atomic E-state index is 0. The molecule has 0 aliphatic rings. The molecule has 112 valence electrons. The summed E-state index contributed by atoms with van der Waals surface area (Å²) in [6, 6.07) is 8.93. The standard InChI is InChI=1S/C8H5N3.C7H5BrN2.CN.Na/c1-10-8-3-2-7(4-5-9)11-6-8;1-9-7-3-2-6(4-8)10-5-7;1-2;/h2-3,6H,4H2;2-3,5H,4H2;;/q;;-1;+1. The largest absolute Gasteiger partial charge is 1.00 e. The van der Waals surface area contributed by atoms with Crippen molar-refractivity contribution in [2.75, 3.05) is 0 Å². The van der Waals surface area contributed by atoms with Crippen molar-refractivity contribution in [2.45, 2.75) is 11.8 Å². The Morgan fingerprint density at radius 3 is 1.71 bits per heavy atom. The van der Waals surface area contributed by atoms with Crippen LogP contribution in [-0.4, -0.2) is 9.97 Å². The van der Waals surface area contributed by atoms with Crippen molar-refractivity contribution in [3.63, 3.8) is 0 Å². The fourth-order valence-corrected chi connectivity index (χ4v) is 1.56. The van der Waals surface area contributed by atoms with Crippen LogP contribution in [0.1, 0.15) is 11.4 Å². The summed E-state index contributed by atoms with van der Waals surface area (Å²) in [5.74, 6) is 0. The first-order valence-corrected chi connectivity index (χ1v) is 7.15. The molecule has 0 atom stereocenters. The summed E-state index contributed by atoms with van der Waals surface area (Å²) in [7, 11) is 0. The van der Waals surface area contributed by atoms with Crippen LogP contribution in [0.4, 0.5) is 11.4 Å². The molecule has 2 heterocycles. The second kappa shape index (κ2) is 15.6. The third-order valence-electron chi connectivity index (χ3n) is 2.27. The van der Waals surface area contributed by atoms with Gasteiger partial charge in [-0.3, -0.25) is 9.97 Å². The molecule has 2 rings (SSSR count). The molecule has 0 N–H and O–H groups in total. The zero-order valence-corrected chi connectivity index (χ0v) is 16.5. The van der Waals surface area contributed by atoms with E-state index in [1.54, 1.807) is 24.4 Å². The van der Waals surface area contributed by atoms with Crippen LogP contribution in [0.3, 0.4) is 0 Å². The average molecular weight is 389 g/mol. The smallest absolute Gasteiger partial charge is 0.512 e. The number of halogens is 1. The van der Waals surface area contributed by atoms with Crippen molar-refractivity contribution in [3.8, 4) is 6.07 Å². The van der Waals surface area contributed by atoms with E-state index in [2.05, 4.69) is 35.6 Å². The van der Waals surface area contributed by atoms with Gasteiger partial charge in [-0.05, 0) is 0 Å². The zero-order valence-electron chi connectivity index (χ0n) is 12.9. The van der Waals surface area contributed by atoms with Gasteiger partial charge in [0.25, 0.3) is 0 Å². The maximum atomic E-state index is 8.30. The van der Waals surface area contributed by atoms with E-state index in [4.69, 9.17) is 30.2 Å². The molecular weight excluding hydrogens is 379 g/mol. The molecule has 0 fully saturated rings. The van der Waals surface area contributed by atoms with Crippen molar-refractivity contribution >= 4 is 27.3 Å². The van der Waals surface area contributed by atoms with E-state index in [1.165, 1.54) is 6.20 Å². The van der Waals surface area contributed by atoms with Crippen LogP contribution in [0, 0.1) is 36.3 Å². The van der Waals surface area contributed by atoms with Crippen molar-refractivity contribution in [1.82, 2.24) is 9.97 Å². The van der Waals surface area contributed by atoms with Crippen LogP contribution < -0.4 is 29.6 Å². The van der Waals surface area contributed by atoms with E-state index in [0.29, 0.717) is 23.5 Å². The molecule has 6 nitrogen and oxygen atoms in total. The number of rotatable bonds is 2. The molecule has 0 spiro atoms. The van der Waals surface area contributed by atoms with Crippen molar-refractivity contribution in [3.05, 3.63) is 77.5 Å². The van der Waals surface area contributed by atoms with Crippen molar-refractivity contribution in [2.24, 2.45) is 0 Å². The third-order valence-corrected chi connectivity index (χ3v) is 2.85. The first-order chi connectivity index (χ1) is 11.2. The van der Waals surface area contributed by atoms with Crippen molar-refractivity contribution in [1.29, 1.82) is 10.5 Å². The van der Waals surface area contributed by atoms with Gasteiger partial charge < -0.3 is 11.8 Å². The Morgan fingerprint density at radius 1 is 0.958 bits per heavy atom. The van der Waals surface area contributed by atoms with Crippen LogP contribution in [0.5, 0.6) is 0 Å². The van der Waals surface area contributed by atoms with Crippen molar-refractivity contribution < 1.29 is 29.6 Å². The molecule has 2 aromatic rings. The minimum Gasteiger partial charge on any atom is -0.512 e. The first-order valence-electron chi connectivity index (χ1n) is 6.03. The van der Waals surface area contributed by atoms with Gasteiger partial charge in [-0.15, -0.1) is 0 Å². The van der Waals surface area contributed by atoms with E-state index in [0.717, 1.165) is 11.0 Å².